The highest BCUT2D eigenvalue weighted by Gasteiger charge is 2.37. The SMILES string of the molecule is C#Cc1ccccc1C(C(=O)NC(C)C)N(CC#N)C(=O)C(Cc1ccccc1)NC(=O)OC(C)(C)C. The summed E-state index contributed by atoms with van der Waals surface area (Å²) in [4.78, 5) is 41.3. The number of carbonyl (C=O) groups is 3. The molecule has 2 atom stereocenters. The van der Waals surface area contributed by atoms with Gasteiger partial charge in [-0.3, -0.25) is 9.59 Å². The lowest BCUT2D eigenvalue weighted by molar-refractivity contribution is -0.142. The van der Waals surface area contributed by atoms with E-state index in [2.05, 4.69) is 16.6 Å². The molecule has 2 rings (SSSR count). The zero-order valence-electron chi connectivity index (χ0n) is 21.9. The smallest absolute Gasteiger partial charge is 0.408 e. The third-order valence-electron chi connectivity index (χ3n) is 5.20. The van der Waals surface area contributed by atoms with Gasteiger partial charge in [-0.25, -0.2) is 4.79 Å². The van der Waals surface area contributed by atoms with Crippen molar-refractivity contribution in [2.45, 2.75) is 64.8 Å². The molecule has 2 N–H and O–H groups in total. The molecule has 3 amide bonds. The number of nitrogens with one attached hydrogen (secondary N) is 2. The van der Waals surface area contributed by atoms with Crippen LogP contribution in [0.5, 0.6) is 0 Å². The molecule has 0 aromatic heterocycles. The molecule has 0 fully saturated rings. The number of hydrogen-bond acceptors (Lipinski definition) is 5. The second kappa shape index (κ2) is 13.1. The summed E-state index contributed by atoms with van der Waals surface area (Å²) < 4.78 is 5.39. The van der Waals surface area contributed by atoms with Crippen molar-refractivity contribution in [1.29, 1.82) is 5.26 Å². The van der Waals surface area contributed by atoms with E-state index in [4.69, 9.17) is 11.2 Å². The molecule has 2 unspecified atom stereocenters. The van der Waals surface area contributed by atoms with Gasteiger partial charge in [0.15, 0.2) is 0 Å². The Bertz CT molecular complexity index is 1170. The van der Waals surface area contributed by atoms with Crippen LogP contribution in [0.2, 0.25) is 0 Å². The predicted molar refractivity (Wildman–Crippen MR) is 141 cm³/mol. The molecular formula is C29H34N4O4. The minimum atomic E-state index is -1.19. The summed E-state index contributed by atoms with van der Waals surface area (Å²) in [5.74, 6) is 1.45. The monoisotopic (exact) mass is 502 g/mol. The van der Waals surface area contributed by atoms with Crippen LogP contribution in [-0.2, 0) is 20.7 Å². The molecule has 8 heteroatoms. The largest absolute Gasteiger partial charge is 0.444 e. The lowest BCUT2D eigenvalue weighted by Crippen LogP contribution is -2.54. The lowest BCUT2D eigenvalue weighted by Gasteiger charge is -2.33. The van der Waals surface area contributed by atoms with E-state index in [-0.39, 0.29) is 12.5 Å². The van der Waals surface area contributed by atoms with E-state index in [0.717, 1.165) is 10.5 Å². The van der Waals surface area contributed by atoms with Gasteiger partial charge in [-0.15, -0.1) is 6.42 Å². The quantitative estimate of drug-likeness (QED) is 0.401. The number of hydrogen-bond donors (Lipinski definition) is 2. The maximum absolute atomic E-state index is 14.0. The number of nitriles is 1. The van der Waals surface area contributed by atoms with Gasteiger partial charge in [-0.2, -0.15) is 5.26 Å². The zero-order valence-corrected chi connectivity index (χ0v) is 21.9. The first-order valence-electron chi connectivity index (χ1n) is 12.0. The van der Waals surface area contributed by atoms with E-state index < -0.39 is 42.1 Å². The van der Waals surface area contributed by atoms with Gasteiger partial charge >= 0.3 is 6.09 Å². The van der Waals surface area contributed by atoms with E-state index in [1.54, 1.807) is 58.9 Å². The average molecular weight is 503 g/mol. The van der Waals surface area contributed by atoms with Gasteiger partial charge in [0.1, 0.15) is 24.2 Å². The second-order valence-electron chi connectivity index (χ2n) is 9.81. The van der Waals surface area contributed by atoms with Crippen molar-refractivity contribution < 1.29 is 19.1 Å². The number of rotatable bonds is 9. The standard InChI is InChI=1S/C29H34N4O4/c1-7-22-15-11-12-16-23(22)25(26(34)31-20(2)3)33(18-17-30)27(35)24(19-21-13-9-8-10-14-21)32-28(36)37-29(4,5)6/h1,8-16,20,24-25H,18-19H2,2-6H3,(H,31,34)(H,32,36). The van der Waals surface area contributed by atoms with Crippen LogP contribution in [0.1, 0.15) is 57.4 Å². The number of benzene rings is 2. The van der Waals surface area contributed by atoms with Crippen molar-refractivity contribution in [2.24, 2.45) is 0 Å². The summed E-state index contributed by atoms with van der Waals surface area (Å²) in [6.45, 7) is 8.32. The predicted octanol–water partition coefficient (Wildman–Crippen LogP) is 3.72. The fourth-order valence-electron chi connectivity index (χ4n) is 3.75. The zero-order chi connectivity index (χ0) is 27.6. The minimum Gasteiger partial charge on any atom is -0.444 e. The number of amides is 3. The van der Waals surface area contributed by atoms with Gasteiger partial charge in [0, 0.05) is 18.0 Å². The van der Waals surface area contributed by atoms with Crippen LogP contribution in [0.15, 0.2) is 54.6 Å². The van der Waals surface area contributed by atoms with Crippen molar-refractivity contribution >= 4 is 17.9 Å². The van der Waals surface area contributed by atoms with Crippen LogP contribution in [0.3, 0.4) is 0 Å². The Labute approximate surface area is 219 Å². The molecule has 0 aliphatic carbocycles. The third-order valence-corrected chi connectivity index (χ3v) is 5.20. The molecule has 37 heavy (non-hydrogen) atoms. The molecule has 0 aliphatic rings. The highest BCUT2D eigenvalue weighted by atomic mass is 16.6. The van der Waals surface area contributed by atoms with E-state index in [1.807, 2.05) is 36.4 Å². The molecule has 0 saturated carbocycles. The van der Waals surface area contributed by atoms with Gasteiger partial charge in [0.05, 0.1) is 6.07 Å². The normalized spacial score (nSPS) is 12.4. The van der Waals surface area contributed by atoms with Gasteiger partial charge in [-0.05, 0) is 51.8 Å². The first-order valence-corrected chi connectivity index (χ1v) is 12.0. The molecule has 8 nitrogen and oxygen atoms in total. The van der Waals surface area contributed by atoms with Crippen LogP contribution in [0.4, 0.5) is 4.79 Å². The third kappa shape index (κ3) is 8.70. The average Bonchev–Trinajstić information content (AvgIpc) is 2.82. The fourth-order valence-corrected chi connectivity index (χ4v) is 3.75. The Morgan fingerprint density at radius 3 is 2.22 bits per heavy atom. The summed E-state index contributed by atoms with van der Waals surface area (Å²) in [7, 11) is 0. The molecule has 0 radical (unpaired) electrons. The van der Waals surface area contributed by atoms with Crippen molar-refractivity contribution in [3.63, 3.8) is 0 Å². The first kappa shape index (κ1) is 28.9. The molecule has 2 aromatic rings. The van der Waals surface area contributed by atoms with Crippen LogP contribution < -0.4 is 10.6 Å². The van der Waals surface area contributed by atoms with Gasteiger partial charge in [0.25, 0.3) is 0 Å². The van der Waals surface area contributed by atoms with Gasteiger partial charge in [-0.1, -0.05) is 54.5 Å². The van der Waals surface area contributed by atoms with Crippen molar-refractivity contribution in [3.05, 3.63) is 71.3 Å². The molecule has 0 heterocycles. The number of carbonyl (C=O) groups excluding carboxylic acids is 3. The number of terminal acetylenes is 1. The van der Waals surface area contributed by atoms with Crippen LogP contribution >= 0.6 is 0 Å². The topological polar surface area (TPSA) is 112 Å². The van der Waals surface area contributed by atoms with Gasteiger partial charge < -0.3 is 20.3 Å². The Hall–Kier alpha value is -4.30. The maximum atomic E-state index is 14.0. The summed E-state index contributed by atoms with van der Waals surface area (Å²) >= 11 is 0. The summed E-state index contributed by atoms with van der Waals surface area (Å²) in [6.07, 6.45) is 5.04. The molecule has 2 aromatic carbocycles. The second-order valence-corrected chi connectivity index (χ2v) is 9.81. The van der Waals surface area contributed by atoms with E-state index in [1.165, 1.54) is 0 Å². The van der Waals surface area contributed by atoms with E-state index in [0.29, 0.717) is 11.1 Å². The Morgan fingerprint density at radius 1 is 1.03 bits per heavy atom. The van der Waals surface area contributed by atoms with E-state index >= 15 is 0 Å². The highest BCUT2D eigenvalue weighted by Crippen LogP contribution is 2.26. The summed E-state index contributed by atoms with van der Waals surface area (Å²) in [5.41, 5.74) is 0.813. The van der Waals surface area contributed by atoms with Crippen LogP contribution in [-0.4, -0.2) is 47.0 Å². The molecular weight excluding hydrogens is 468 g/mol. The van der Waals surface area contributed by atoms with Crippen LogP contribution in [0.25, 0.3) is 0 Å². The molecule has 0 bridgehead atoms. The Kier molecular flexibility index (Phi) is 10.3. The fraction of sp³-hybridized carbons (Fsp3) is 0.379. The summed E-state index contributed by atoms with van der Waals surface area (Å²) in [5, 5.41) is 15.1. The molecule has 0 saturated heterocycles. The first-order chi connectivity index (χ1) is 17.5. The van der Waals surface area contributed by atoms with Gasteiger partial charge in [0.2, 0.25) is 11.8 Å². The summed E-state index contributed by atoms with van der Waals surface area (Å²) in [6, 6.07) is 15.3. The van der Waals surface area contributed by atoms with Crippen molar-refractivity contribution in [3.8, 4) is 18.4 Å². The Balaban J connectivity index is 2.57. The number of ether oxygens (including phenoxy) is 1. The van der Waals surface area contributed by atoms with Crippen molar-refractivity contribution in [1.82, 2.24) is 15.5 Å². The number of alkyl carbamates (subject to hydrolysis) is 1. The molecule has 0 aliphatic heterocycles. The highest BCUT2D eigenvalue weighted by molar-refractivity contribution is 5.93. The lowest BCUT2D eigenvalue weighted by atomic mass is 9.96. The van der Waals surface area contributed by atoms with Crippen molar-refractivity contribution in [2.75, 3.05) is 6.54 Å². The molecule has 194 valence electrons. The number of nitrogens with zero attached hydrogens (tertiary/aromatic N) is 2. The molecule has 0 spiro atoms. The van der Waals surface area contributed by atoms with E-state index in [9.17, 15) is 19.6 Å². The Morgan fingerprint density at radius 2 is 1.65 bits per heavy atom. The van der Waals surface area contributed by atoms with Crippen LogP contribution in [0, 0.1) is 23.7 Å². The minimum absolute atomic E-state index is 0.121. The maximum Gasteiger partial charge on any atom is 0.408 e.